The number of hydrogen-bond acceptors (Lipinski definition) is 4. The van der Waals surface area contributed by atoms with Gasteiger partial charge < -0.3 is 15.2 Å². The van der Waals surface area contributed by atoms with Crippen LogP contribution in [0.15, 0.2) is 42.5 Å². The number of aromatic nitrogens is 2. The van der Waals surface area contributed by atoms with E-state index in [0.717, 1.165) is 16.8 Å². The fraction of sp³-hybridized carbons (Fsp3) is 0.292. The standard InChI is InChI=1S/C24H22F5N3O4/c1-12(14-7-8-16(23(34)35)18(11-14)36-3)30-22(33)19-17(31-32(2)20(19)21(25)26)10-13-5-4-6-15(9-13)24(27,28)29/h4-9,11-12,21H,10H2,1-3H3,(H,30,33)(H,34,35). The Morgan fingerprint density at radius 2 is 1.86 bits per heavy atom. The van der Waals surface area contributed by atoms with E-state index in [1.807, 2.05) is 0 Å². The van der Waals surface area contributed by atoms with E-state index in [1.54, 1.807) is 6.92 Å². The molecule has 12 heteroatoms. The molecule has 7 nitrogen and oxygen atoms in total. The molecule has 1 amide bonds. The second-order valence-electron chi connectivity index (χ2n) is 7.97. The van der Waals surface area contributed by atoms with Crippen molar-refractivity contribution >= 4 is 11.9 Å². The van der Waals surface area contributed by atoms with Crippen molar-refractivity contribution < 1.29 is 41.4 Å². The number of amides is 1. The third-order valence-corrected chi connectivity index (χ3v) is 5.53. The maximum atomic E-state index is 13.8. The molecule has 1 unspecified atom stereocenters. The zero-order chi connectivity index (χ0) is 26.8. The van der Waals surface area contributed by atoms with Crippen LogP contribution in [-0.2, 0) is 19.6 Å². The molecule has 0 spiro atoms. The Morgan fingerprint density at radius 1 is 1.17 bits per heavy atom. The predicted octanol–water partition coefficient (Wildman–Crippen LogP) is 5.17. The molecule has 0 fully saturated rings. The van der Waals surface area contributed by atoms with E-state index in [-0.39, 0.29) is 29.0 Å². The summed E-state index contributed by atoms with van der Waals surface area (Å²) in [4.78, 5) is 24.4. The van der Waals surface area contributed by atoms with E-state index in [1.165, 1.54) is 44.5 Å². The van der Waals surface area contributed by atoms with E-state index < -0.39 is 47.3 Å². The van der Waals surface area contributed by atoms with Crippen LogP contribution in [-0.4, -0.2) is 33.9 Å². The minimum atomic E-state index is -4.60. The predicted molar refractivity (Wildman–Crippen MR) is 118 cm³/mol. The molecular formula is C24H22F5N3O4. The Kier molecular flexibility index (Phi) is 7.65. The van der Waals surface area contributed by atoms with Gasteiger partial charge in [-0.1, -0.05) is 24.3 Å². The van der Waals surface area contributed by atoms with Crippen LogP contribution < -0.4 is 10.1 Å². The van der Waals surface area contributed by atoms with Gasteiger partial charge in [-0.3, -0.25) is 9.48 Å². The number of carboxylic acids is 1. The maximum Gasteiger partial charge on any atom is 0.416 e. The summed E-state index contributed by atoms with van der Waals surface area (Å²) in [6, 6.07) is 7.68. The van der Waals surface area contributed by atoms with Gasteiger partial charge in [0.2, 0.25) is 0 Å². The quantitative estimate of drug-likeness (QED) is 0.408. The first-order chi connectivity index (χ1) is 16.8. The van der Waals surface area contributed by atoms with Gasteiger partial charge in [0.15, 0.2) is 0 Å². The maximum absolute atomic E-state index is 13.8. The van der Waals surface area contributed by atoms with Gasteiger partial charge in [0.25, 0.3) is 12.3 Å². The molecule has 36 heavy (non-hydrogen) atoms. The van der Waals surface area contributed by atoms with Crippen molar-refractivity contribution in [3.8, 4) is 5.75 Å². The highest BCUT2D eigenvalue weighted by molar-refractivity contribution is 5.97. The number of aromatic carboxylic acids is 1. The number of carbonyl (C=O) groups excluding carboxylic acids is 1. The van der Waals surface area contributed by atoms with Crippen LogP contribution in [0.3, 0.4) is 0 Å². The number of alkyl halides is 5. The van der Waals surface area contributed by atoms with Gasteiger partial charge in [0.1, 0.15) is 17.0 Å². The zero-order valence-electron chi connectivity index (χ0n) is 19.4. The summed E-state index contributed by atoms with van der Waals surface area (Å²) in [7, 11) is 2.49. The van der Waals surface area contributed by atoms with Gasteiger partial charge in [-0.05, 0) is 36.2 Å². The molecular weight excluding hydrogens is 489 g/mol. The van der Waals surface area contributed by atoms with Gasteiger partial charge in [0.05, 0.1) is 30.0 Å². The number of aryl methyl sites for hydroxylation is 1. The number of methoxy groups -OCH3 is 1. The number of benzene rings is 2. The van der Waals surface area contributed by atoms with Gasteiger partial charge in [0, 0.05) is 13.5 Å². The summed E-state index contributed by atoms with van der Waals surface area (Å²) in [5, 5.41) is 15.8. The lowest BCUT2D eigenvalue weighted by molar-refractivity contribution is -0.137. The van der Waals surface area contributed by atoms with Gasteiger partial charge >= 0.3 is 12.1 Å². The normalized spacial score (nSPS) is 12.5. The third kappa shape index (κ3) is 5.64. The smallest absolute Gasteiger partial charge is 0.416 e. The molecule has 0 aliphatic carbocycles. The Labute approximate surface area is 202 Å². The van der Waals surface area contributed by atoms with Crippen molar-refractivity contribution in [2.45, 2.75) is 32.0 Å². The Hall–Kier alpha value is -3.96. The minimum absolute atomic E-state index is 0.0426. The van der Waals surface area contributed by atoms with Crippen molar-refractivity contribution in [3.05, 3.63) is 81.7 Å². The molecule has 0 aliphatic heterocycles. The molecule has 0 radical (unpaired) electrons. The van der Waals surface area contributed by atoms with Crippen LogP contribution in [0.4, 0.5) is 22.0 Å². The molecule has 2 N–H and O–H groups in total. The Morgan fingerprint density at radius 3 is 2.44 bits per heavy atom. The molecule has 0 saturated carbocycles. The third-order valence-electron chi connectivity index (χ3n) is 5.53. The van der Waals surface area contributed by atoms with Gasteiger partial charge in [-0.15, -0.1) is 0 Å². The van der Waals surface area contributed by atoms with Crippen LogP contribution in [0.2, 0.25) is 0 Å². The van der Waals surface area contributed by atoms with E-state index >= 15 is 0 Å². The lowest BCUT2D eigenvalue weighted by Gasteiger charge is -2.17. The zero-order valence-corrected chi connectivity index (χ0v) is 19.4. The van der Waals surface area contributed by atoms with E-state index in [0.29, 0.717) is 5.56 Å². The number of ether oxygens (including phenoxy) is 1. The average molecular weight is 511 g/mol. The highest BCUT2D eigenvalue weighted by Crippen LogP contribution is 2.32. The SMILES string of the molecule is COc1cc(C(C)NC(=O)c2c(Cc3cccc(C(F)(F)F)c3)nn(C)c2C(F)F)ccc1C(=O)O. The highest BCUT2D eigenvalue weighted by Gasteiger charge is 2.32. The first-order valence-electron chi connectivity index (χ1n) is 10.6. The van der Waals surface area contributed by atoms with Crippen LogP contribution in [0.25, 0.3) is 0 Å². The monoisotopic (exact) mass is 511 g/mol. The van der Waals surface area contributed by atoms with Crippen molar-refractivity contribution in [3.63, 3.8) is 0 Å². The summed E-state index contributed by atoms with van der Waals surface area (Å²) >= 11 is 0. The summed E-state index contributed by atoms with van der Waals surface area (Å²) in [6.45, 7) is 1.55. The summed E-state index contributed by atoms with van der Waals surface area (Å²) in [5.41, 5.74) is -1.67. The van der Waals surface area contributed by atoms with Crippen molar-refractivity contribution in [1.29, 1.82) is 0 Å². The largest absolute Gasteiger partial charge is 0.496 e. The van der Waals surface area contributed by atoms with Gasteiger partial charge in [-0.25, -0.2) is 13.6 Å². The Bertz CT molecular complexity index is 1290. The molecule has 3 aromatic rings. The minimum Gasteiger partial charge on any atom is -0.496 e. The van der Waals surface area contributed by atoms with E-state index in [4.69, 9.17) is 4.74 Å². The molecule has 0 saturated heterocycles. The fourth-order valence-electron chi connectivity index (χ4n) is 3.77. The number of carboxylic acid groups (broad SMARTS) is 1. The number of halogens is 5. The lowest BCUT2D eigenvalue weighted by Crippen LogP contribution is -2.28. The number of nitrogens with one attached hydrogen (secondary N) is 1. The summed E-state index contributed by atoms with van der Waals surface area (Å²) in [6.07, 6.45) is -7.96. The first kappa shape index (κ1) is 26.6. The molecule has 0 bridgehead atoms. The average Bonchev–Trinajstić information content (AvgIpc) is 3.13. The molecule has 0 aliphatic rings. The van der Waals surface area contributed by atoms with Crippen LogP contribution in [0.5, 0.6) is 5.75 Å². The number of carbonyl (C=O) groups is 2. The highest BCUT2D eigenvalue weighted by atomic mass is 19.4. The molecule has 1 atom stereocenters. The second-order valence-corrected chi connectivity index (χ2v) is 7.97. The number of rotatable bonds is 8. The van der Waals surface area contributed by atoms with E-state index in [2.05, 4.69) is 10.4 Å². The molecule has 2 aromatic carbocycles. The van der Waals surface area contributed by atoms with Crippen molar-refractivity contribution in [2.24, 2.45) is 7.05 Å². The van der Waals surface area contributed by atoms with E-state index in [9.17, 15) is 36.6 Å². The second kappa shape index (κ2) is 10.3. The molecule has 3 rings (SSSR count). The number of nitrogens with zero attached hydrogens (tertiary/aromatic N) is 2. The first-order valence-corrected chi connectivity index (χ1v) is 10.6. The van der Waals surface area contributed by atoms with Crippen molar-refractivity contribution in [1.82, 2.24) is 15.1 Å². The summed E-state index contributed by atoms with van der Waals surface area (Å²) in [5.74, 6) is -2.08. The van der Waals surface area contributed by atoms with Gasteiger partial charge in [-0.2, -0.15) is 18.3 Å². The topological polar surface area (TPSA) is 93.5 Å². The lowest BCUT2D eigenvalue weighted by atomic mass is 10.0. The van der Waals surface area contributed by atoms with Crippen molar-refractivity contribution in [2.75, 3.05) is 7.11 Å². The van der Waals surface area contributed by atoms with Crippen LogP contribution in [0.1, 0.15) is 68.2 Å². The van der Waals surface area contributed by atoms with Crippen LogP contribution in [0, 0.1) is 0 Å². The molecule has 1 aromatic heterocycles. The molecule has 1 heterocycles. The fourth-order valence-corrected chi connectivity index (χ4v) is 3.77. The number of hydrogen-bond donors (Lipinski definition) is 2. The summed E-state index contributed by atoms with van der Waals surface area (Å²) < 4.78 is 72.9. The Balaban J connectivity index is 1.95. The molecule has 192 valence electrons. The van der Waals surface area contributed by atoms with Crippen LogP contribution >= 0.6 is 0 Å².